The molecule has 3 aromatic carbocycles. The Bertz CT molecular complexity index is 1420. The predicted molar refractivity (Wildman–Crippen MR) is 120 cm³/mol. The zero-order valence-corrected chi connectivity index (χ0v) is 17.4. The zero-order valence-electron chi connectivity index (χ0n) is 17.4. The maximum absolute atomic E-state index is 13.1. The number of hydrogen-bond acceptors (Lipinski definition) is 5. The van der Waals surface area contributed by atoms with Gasteiger partial charge in [0.15, 0.2) is 0 Å². The Morgan fingerprint density at radius 3 is 2.34 bits per heavy atom. The van der Waals surface area contributed by atoms with Crippen LogP contribution in [-0.2, 0) is 0 Å². The number of carboxylic acid groups (broad SMARTS) is 1. The lowest BCUT2D eigenvalue weighted by atomic mass is 10.1. The summed E-state index contributed by atoms with van der Waals surface area (Å²) in [7, 11) is 0. The number of benzene rings is 3. The summed E-state index contributed by atoms with van der Waals surface area (Å²) in [6.07, 6.45) is 0. The van der Waals surface area contributed by atoms with Gasteiger partial charge in [0.2, 0.25) is 5.55 Å². The van der Waals surface area contributed by atoms with Crippen LogP contribution < -0.4 is 10.9 Å². The molecule has 32 heavy (non-hydrogen) atoms. The Kier molecular flexibility index (Phi) is 5.47. The van der Waals surface area contributed by atoms with Crippen molar-refractivity contribution in [3.63, 3.8) is 0 Å². The van der Waals surface area contributed by atoms with Crippen LogP contribution in [-0.4, -0.2) is 22.1 Å². The topological polar surface area (TPSA) is 112 Å². The molecule has 0 spiro atoms. The van der Waals surface area contributed by atoms with Gasteiger partial charge in [-0.05, 0) is 79.6 Å². The average Bonchev–Trinajstić information content (AvgIpc) is 2.76. The minimum Gasteiger partial charge on any atom is -0.508 e. The molecule has 0 bridgehead atoms. The fourth-order valence-electron chi connectivity index (χ4n) is 3.17. The van der Waals surface area contributed by atoms with Gasteiger partial charge < -0.3 is 19.9 Å². The average molecular weight is 428 g/mol. The lowest BCUT2D eigenvalue weighted by molar-refractivity contribution is 0.0696. The molecule has 0 fully saturated rings. The van der Waals surface area contributed by atoms with Crippen molar-refractivity contribution >= 4 is 34.2 Å². The number of rotatable bonds is 4. The van der Waals surface area contributed by atoms with Crippen LogP contribution in [0.2, 0.25) is 0 Å². The molecular weight excluding hydrogens is 408 g/mol. The van der Waals surface area contributed by atoms with Crippen molar-refractivity contribution < 1.29 is 24.2 Å². The number of carboxylic acids is 1. The van der Waals surface area contributed by atoms with E-state index in [-0.39, 0.29) is 22.4 Å². The van der Waals surface area contributed by atoms with E-state index in [1.165, 1.54) is 36.4 Å². The number of amides is 1. The Balaban J connectivity index is 1.82. The van der Waals surface area contributed by atoms with Gasteiger partial charge in [-0.15, -0.1) is 0 Å². The van der Waals surface area contributed by atoms with Gasteiger partial charge in [-0.25, -0.2) is 9.79 Å². The highest BCUT2D eigenvalue weighted by molar-refractivity contribution is 6.05. The first kappa shape index (κ1) is 20.9. The normalized spacial score (nSPS) is 11.5. The van der Waals surface area contributed by atoms with E-state index in [2.05, 4.69) is 10.3 Å². The largest absolute Gasteiger partial charge is 0.508 e. The van der Waals surface area contributed by atoms with Crippen molar-refractivity contribution in [2.75, 3.05) is 5.32 Å². The zero-order chi connectivity index (χ0) is 22.8. The van der Waals surface area contributed by atoms with Gasteiger partial charge in [-0.3, -0.25) is 4.79 Å². The highest BCUT2D eigenvalue weighted by Gasteiger charge is 2.14. The van der Waals surface area contributed by atoms with Crippen molar-refractivity contribution in [2.45, 2.75) is 13.8 Å². The first-order chi connectivity index (χ1) is 15.3. The Labute approximate surface area is 183 Å². The molecule has 160 valence electrons. The van der Waals surface area contributed by atoms with Gasteiger partial charge in [-0.2, -0.15) is 0 Å². The number of phenols is 1. The SMILES string of the molecule is Cc1ccc(NC(=O)c2cc3ccc(O)cc3oc2=Nc2ccc(C(=O)O)cc2)cc1C. The first-order valence-corrected chi connectivity index (χ1v) is 9.84. The number of aryl methyl sites for hydroxylation is 2. The molecule has 0 radical (unpaired) electrons. The lowest BCUT2D eigenvalue weighted by Crippen LogP contribution is -2.21. The molecule has 7 heteroatoms. The second-order valence-electron chi connectivity index (χ2n) is 7.40. The summed E-state index contributed by atoms with van der Waals surface area (Å²) in [6, 6.07) is 17.7. The molecule has 4 rings (SSSR count). The van der Waals surface area contributed by atoms with Crippen molar-refractivity contribution in [1.29, 1.82) is 0 Å². The van der Waals surface area contributed by atoms with Gasteiger partial charge in [0.1, 0.15) is 16.9 Å². The summed E-state index contributed by atoms with van der Waals surface area (Å²) >= 11 is 0. The maximum atomic E-state index is 13.1. The van der Waals surface area contributed by atoms with Crippen LogP contribution in [0.25, 0.3) is 11.0 Å². The quantitative estimate of drug-likeness (QED) is 0.426. The second-order valence-corrected chi connectivity index (χ2v) is 7.40. The van der Waals surface area contributed by atoms with Gasteiger partial charge >= 0.3 is 5.97 Å². The number of nitrogens with one attached hydrogen (secondary N) is 1. The lowest BCUT2D eigenvalue weighted by Gasteiger charge is -2.09. The number of fused-ring (bicyclic) bond motifs is 1. The van der Waals surface area contributed by atoms with Crippen molar-refractivity contribution in [3.8, 4) is 5.75 Å². The minimum absolute atomic E-state index is 0.0188. The van der Waals surface area contributed by atoms with Gasteiger partial charge in [-0.1, -0.05) is 6.07 Å². The smallest absolute Gasteiger partial charge is 0.335 e. The summed E-state index contributed by atoms with van der Waals surface area (Å²) in [5, 5.41) is 22.4. The van der Waals surface area contributed by atoms with E-state index in [4.69, 9.17) is 9.52 Å². The van der Waals surface area contributed by atoms with Crippen LogP contribution >= 0.6 is 0 Å². The number of anilines is 1. The molecule has 0 saturated carbocycles. The van der Waals surface area contributed by atoms with E-state index in [1.807, 2.05) is 32.0 Å². The summed E-state index contributed by atoms with van der Waals surface area (Å²) in [5.74, 6) is -1.44. The molecule has 0 aliphatic rings. The van der Waals surface area contributed by atoms with Crippen molar-refractivity contribution in [3.05, 3.63) is 94.5 Å². The maximum Gasteiger partial charge on any atom is 0.335 e. The molecule has 1 amide bonds. The molecular formula is C25H20N2O5. The number of carbonyl (C=O) groups is 2. The van der Waals surface area contributed by atoms with Crippen molar-refractivity contribution in [1.82, 2.24) is 0 Å². The summed E-state index contributed by atoms with van der Waals surface area (Å²) in [6.45, 7) is 3.95. The fraction of sp³-hybridized carbons (Fsp3) is 0.0800. The van der Waals surface area contributed by atoms with Crippen LogP contribution in [0.3, 0.4) is 0 Å². The molecule has 4 aromatic rings. The van der Waals surface area contributed by atoms with Gasteiger partial charge in [0.25, 0.3) is 5.91 Å². The van der Waals surface area contributed by atoms with Crippen LogP contribution in [0.1, 0.15) is 31.8 Å². The van der Waals surface area contributed by atoms with Crippen LogP contribution in [0, 0.1) is 13.8 Å². The Hall–Kier alpha value is -4.39. The Morgan fingerprint density at radius 2 is 1.66 bits per heavy atom. The van der Waals surface area contributed by atoms with E-state index in [1.54, 1.807) is 12.1 Å². The molecule has 1 heterocycles. The third kappa shape index (κ3) is 4.37. The Morgan fingerprint density at radius 1 is 0.906 bits per heavy atom. The molecule has 0 aliphatic carbocycles. The number of aromatic carboxylic acids is 1. The van der Waals surface area contributed by atoms with E-state index in [0.717, 1.165) is 11.1 Å². The van der Waals surface area contributed by atoms with E-state index in [0.29, 0.717) is 22.3 Å². The van der Waals surface area contributed by atoms with Gasteiger partial charge in [0, 0.05) is 17.1 Å². The summed E-state index contributed by atoms with van der Waals surface area (Å²) < 4.78 is 5.85. The first-order valence-electron chi connectivity index (χ1n) is 9.84. The van der Waals surface area contributed by atoms with Crippen LogP contribution in [0.5, 0.6) is 5.75 Å². The molecule has 3 N–H and O–H groups in total. The molecule has 0 saturated heterocycles. The molecule has 0 aliphatic heterocycles. The van der Waals surface area contributed by atoms with E-state index >= 15 is 0 Å². The fourth-order valence-corrected chi connectivity index (χ4v) is 3.17. The standard InChI is InChI=1S/C25H20N2O5/c1-14-3-7-19(11-15(14)2)26-23(29)21-12-17-6-10-20(28)13-22(17)32-24(21)27-18-8-4-16(5-9-18)25(30)31/h3-13,28H,1-2H3,(H,26,29)(H,30,31). The monoisotopic (exact) mass is 428 g/mol. The highest BCUT2D eigenvalue weighted by Crippen LogP contribution is 2.21. The summed E-state index contributed by atoms with van der Waals surface area (Å²) in [5.41, 5.74) is 3.93. The van der Waals surface area contributed by atoms with E-state index in [9.17, 15) is 14.7 Å². The minimum atomic E-state index is -1.05. The number of carbonyl (C=O) groups excluding carboxylic acids is 1. The second kappa shape index (κ2) is 8.39. The number of hydrogen-bond donors (Lipinski definition) is 3. The third-order valence-corrected chi connectivity index (χ3v) is 5.09. The number of nitrogens with zero attached hydrogens (tertiary/aromatic N) is 1. The third-order valence-electron chi connectivity index (χ3n) is 5.09. The van der Waals surface area contributed by atoms with Gasteiger partial charge in [0.05, 0.1) is 11.3 Å². The van der Waals surface area contributed by atoms with E-state index < -0.39 is 11.9 Å². The molecule has 0 atom stereocenters. The number of phenolic OH excluding ortho intramolecular Hbond substituents is 1. The summed E-state index contributed by atoms with van der Waals surface area (Å²) in [4.78, 5) is 28.6. The number of aromatic hydroxyl groups is 1. The molecule has 7 nitrogen and oxygen atoms in total. The van der Waals surface area contributed by atoms with Crippen LogP contribution in [0.15, 0.2) is 76.1 Å². The van der Waals surface area contributed by atoms with Crippen LogP contribution in [0.4, 0.5) is 11.4 Å². The highest BCUT2D eigenvalue weighted by atomic mass is 16.4. The predicted octanol–water partition coefficient (Wildman–Crippen LogP) is 4.94. The molecule has 1 aromatic heterocycles. The van der Waals surface area contributed by atoms with Crippen molar-refractivity contribution in [2.24, 2.45) is 4.99 Å². The molecule has 0 unspecified atom stereocenters.